The molecule has 3 heteroatoms. The van der Waals surface area contributed by atoms with E-state index in [2.05, 4.69) is 12.2 Å². The summed E-state index contributed by atoms with van der Waals surface area (Å²) in [5.41, 5.74) is 0. The van der Waals surface area contributed by atoms with Crippen LogP contribution in [0.1, 0.15) is 46.5 Å². The number of hydrogen-bond acceptors (Lipinski definition) is 2. The van der Waals surface area contributed by atoms with Crippen molar-refractivity contribution in [2.75, 3.05) is 6.61 Å². The molecule has 0 fully saturated rings. The molecule has 2 N–H and O–H groups in total. The highest BCUT2D eigenvalue weighted by Crippen LogP contribution is 2.06. The minimum Gasteiger partial charge on any atom is -0.396 e. The number of amides is 1. The van der Waals surface area contributed by atoms with Gasteiger partial charge in [-0.05, 0) is 19.3 Å². The van der Waals surface area contributed by atoms with Gasteiger partial charge in [-0.15, -0.1) is 0 Å². The zero-order valence-corrected chi connectivity index (χ0v) is 9.55. The van der Waals surface area contributed by atoms with Crippen molar-refractivity contribution >= 4 is 5.91 Å². The third-order valence-corrected chi connectivity index (χ3v) is 2.49. The fourth-order valence-electron chi connectivity index (χ4n) is 1.44. The van der Waals surface area contributed by atoms with E-state index in [4.69, 9.17) is 5.11 Å². The Morgan fingerprint density at radius 3 is 2.43 bits per heavy atom. The van der Waals surface area contributed by atoms with Crippen molar-refractivity contribution in [3.63, 3.8) is 0 Å². The Labute approximate surface area is 86.9 Å². The molecule has 0 bridgehead atoms. The number of aliphatic hydroxyl groups excluding tert-OH is 1. The maximum atomic E-state index is 11.6. The molecule has 1 amide bonds. The van der Waals surface area contributed by atoms with E-state index in [0.717, 1.165) is 19.3 Å². The first-order valence-corrected chi connectivity index (χ1v) is 5.56. The van der Waals surface area contributed by atoms with Crippen LogP contribution in [0.2, 0.25) is 0 Å². The largest absolute Gasteiger partial charge is 0.396 e. The average molecular weight is 201 g/mol. The van der Waals surface area contributed by atoms with Gasteiger partial charge in [0.25, 0.3) is 0 Å². The molecule has 0 rings (SSSR count). The summed E-state index contributed by atoms with van der Waals surface area (Å²) in [5.74, 6) is 0.208. The molecule has 0 spiro atoms. The lowest BCUT2D eigenvalue weighted by molar-refractivity contribution is -0.125. The molecule has 0 radical (unpaired) electrons. The van der Waals surface area contributed by atoms with Crippen molar-refractivity contribution in [3.05, 3.63) is 0 Å². The van der Waals surface area contributed by atoms with E-state index in [1.807, 2.05) is 13.8 Å². The summed E-state index contributed by atoms with van der Waals surface area (Å²) < 4.78 is 0. The molecule has 0 heterocycles. The minimum atomic E-state index is 0.0905. The van der Waals surface area contributed by atoms with Gasteiger partial charge in [0.2, 0.25) is 5.91 Å². The minimum absolute atomic E-state index is 0.0905. The lowest BCUT2D eigenvalue weighted by Crippen LogP contribution is -2.38. The molecule has 3 nitrogen and oxygen atoms in total. The SMILES string of the molecule is CCCC(C)C(=O)NC(CC)CCO. The summed E-state index contributed by atoms with van der Waals surface area (Å²) in [6.07, 6.45) is 3.50. The number of carbonyl (C=O) groups is 1. The second kappa shape index (κ2) is 7.80. The number of hydrogen-bond donors (Lipinski definition) is 2. The quantitative estimate of drug-likeness (QED) is 0.658. The summed E-state index contributed by atoms with van der Waals surface area (Å²) in [5, 5.41) is 11.7. The molecule has 0 saturated heterocycles. The smallest absolute Gasteiger partial charge is 0.223 e. The molecule has 0 aliphatic heterocycles. The van der Waals surface area contributed by atoms with Gasteiger partial charge in [0.05, 0.1) is 0 Å². The van der Waals surface area contributed by atoms with Crippen molar-refractivity contribution in [1.29, 1.82) is 0 Å². The Bertz CT molecular complexity index is 159. The van der Waals surface area contributed by atoms with Gasteiger partial charge in [-0.2, -0.15) is 0 Å². The van der Waals surface area contributed by atoms with E-state index in [1.54, 1.807) is 0 Å². The Morgan fingerprint density at radius 1 is 1.36 bits per heavy atom. The summed E-state index contributed by atoms with van der Waals surface area (Å²) in [6.45, 7) is 6.19. The van der Waals surface area contributed by atoms with Gasteiger partial charge in [0, 0.05) is 18.6 Å². The molecule has 2 atom stereocenters. The fourth-order valence-corrected chi connectivity index (χ4v) is 1.44. The second-order valence-corrected chi connectivity index (χ2v) is 3.82. The standard InChI is InChI=1S/C11H23NO2/c1-4-6-9(3)11(14)12-10(5-2)7-8-13/h9-10,13H,4-8H2,1-3H3,(H,12,14). The van der Waals surface area contributed by atoms with Crippen molar-refractivity contribution in [1.82, 2.24) is 5.32 Å². The number of nitrogens with one attached hydrogen (secondary N) is 1. The highest BCUT2D eigenvalue weighted by molar-refractivity contribution is 5.78. The first-order chi connectivity index (χ1) is 6.65. The van der Waals surface area contributed by atoms with Crippen LogP contribution >= 0.6 is 0 Å². The van der Waals surface area contributed by atoms with Gasteiger partial charge >= 0.3 is 0 Å². The van der Waals surface area contributed by atoms with Gasteiger partial charge in [-0.3, -0.25) is 4.79 Å². The molecular formula is C11H23NO2. The first kappa shape index (κ1) is 13.4. The molecule has 0 aromatic heterocycles. The Hall–Kier alpha value is -0.570. The van der Waals surface area contributed by atoms with Gasteiger partial charge < -0.3 is 10.4 Å². The molecule has 14 heavy (non-hydrogen) atoms. The van der Waals surface area contributed by atoms with Crippen LogP contribution < -0.4 is 5.32 Å². The van der Waals surface area contributed by atoms with Gasteiger partial charge in [0.15, 0.2) is 0 Å². The van der Waals surface area contributed by atoms with Crippen LogP contribution in [-0.2, 0) is 4.79 Å². The van der Waals surface area contributed by atoms with Crippen molar-refractivity contribution in [2.24, 2.45) is 5.92 Å². The van der Waals surface area contributed by atoms with Gasteiger partial charge in [-0.1, -0.05) is 27.2 Å². The van der Waals surface area contributed by atoms with E-state index >= 15 is 0 Å². The fraction of sp³-hybridized carbons (Fsp3) is 0.909. The molecule has 2 unspecified atom stereocenters. The predicted octanol–water partition coefficient (Wildman–Crippen LogP) is 1.70. The lowest BCUT2D eigenvalue weighted by atomic mass is 10.0. The average Bonchev–Trinajstić information content (AvgIpc) is 2.17. The van der Waals surface area contributed by atoms with Crippen molar-refractivity contribution in [2.45, 2.75) is 52.5 Å². The predicted molar refractivity (Wildman–Crippen MR) is 58.0 cm³/mol. The Kier molecular flexibility index (Phi) is 7.48. The van der Waals surface area contributed by atoms with E-state index in [1.165, 1.54) is 0 Å². The zero-order valence-electron chi connectivity index (χ0n) is 9.55. The van der Waals surface area contributed by atoms with Gasteiger partial charge in [-0.25, -0.2) is 0 Å². The van der Waals surface area contributed by atoms with Crippen LogP contribution in [0.25, 0.3) is 0 Å². The third-order valence-electron chi connectivity index (χ3n) is 2.49. The normalized spacial score (nSPS) is 14.9. The first-order valence-electron chi connectivity index (χ1n) is 5.56. The van der Waals surface area contributed by atoms with Crippen LogP contribution in [0.4, 0.5) is 0 Å². The monoisotopic (exact) mass is 201 g/mol. The lowest BCUT2D eigenvalue weighted by Gasteiger charge is -2.18. The topological polar surface area (TPSA) is 49.3 Å². The van der Waals surface area contributed by atoms with Crippen LogP contribution in [0.5, 0.6) is 0 Å². The highest BCUT2D eigenvalue weighted by Gasteiger charge is 2.15. The van der Waals surface area contributed by atoms with Crippen LogP contribution in [0.15, 0.2) is 0 Å². The van der Waals surface area contributed by atoms with Crippen LogP contribution in [-0.4, -0.2) is 23.7 Å². The van der Waals surface area contributed by atoms with Crippen molar-refractivity contribution < 1.29 is 9.90 Å². The highest BCUT2D eigenvalue weighted by atomic mass is 16.3. The Morgan fingerprint density at radius 2 is 2.00 bits per heavy atom. The van der Waals surface area contributed by atoms with Crippen LogP contribution in [0.3, 0.4) is 0 Å². The molecule has 0 aromatic carbocycles. The molecule has 0 aliphatic rings. The summed E-state index contributed by atoms with van der Waals surface area (Å²) in [4.78, 5) is 11.6. The van der Waals surface area contributed by atoms with Crippen LogP contribution in [0, 0.1) is 5.92 Å². The van der Waals surface area contributed by atoms with E-state index in [0.29, 0.717) is 6.42 Å². The molecule has 0 aliphatic carbocycles. The summed E-state index contributed by atoms with van der Waals surface area (Å²) in [7, 11) is 0. The number of aliphatic hydroxyl groups is 1. The van der Waals surface area contributed by atoms with Gasteiger partial charge in [0.1, 0.15) is 0 Å². The van der Waals surface area contributed by atoms with E-state index in [-0.39, 0.29) is 24.5 Å². The maximum Gasteiger partial charge on any atom is 0.223 e. The summed E-state index contributed by atoms with van der Waals surface area (Å²) >= 11 is 0. The maximum absolute atomic E-state index is 11.6. The summed E-state index contributed by atoms with van der Waals surface area (Å²) in [6, 6.07) is 0.131. The number of carbonyl (C=O) groups excluding carboxylic acids is 1. The molecular weight excluding hydrogens is 178 g/mol. The molecule has 0 saturated carbocycles. The van der Waals surface area contributed by atoms with E-state index < -0.39 is 0 Å². The third kappa shape index (κ3) is 5.22. The number of rotatable bonds is 7. The zero-order chi connectivity index (χ0) is 11.0. The molecule has 84 valence electrons. The second-order valence-electron chi connectivity index (χ2n) is 3.82. The Balaban J connectivity index is 3.88. The molecule has 0 aromatic rings. The van der Waals surface area contributed by atoms with Crippen molar-refractivity contribution in [3.8, 4) is 0 Å². The van der Waals surface area contributed by atoms with E-state index in [9.17, 15) is 4.79 Å².